The summed E-state index contributed by atoms with van der Waals surface area (Å²) in [5.74, 6) is 0. The molecule has 0 aromatic carbocycles. The highest BCUT2D eigenvalue weighted by atomic mass is 16.7. The zero-order valence-electron chi connectivity index (χ0n) is 16.9. The monoisotopic (exact) mass is 476 g/mol. The fourth-order valence-electron chi connectivity index (χ4n) is 3.27. The van der Waals surface area contributed by atoms with Gasteiger partial charge in [-0.25, -0.2) is 0 Å². The van der Waals surface area contributed by atoms with Crippen LogP contribution in [0.4, 0.5) is 0 Å². The molecule has 0 aromatic heterocycles. The fraction of sp³-hybridized carbons (Fsp3) is 1.00. The van der Waals surface area contributed by atoms with Crippen molar-refractivity contribution in [3.8, 4) is 0 Å². The number of aliphatic hydroxyl groups is 11. The first-order valence-electron chi connectivity index (χ1n) is 9.91. The van der Waals surface area contributed by atoms with E-state index in [4.69, 9.17) is 29.2 Å². The quantitative estimate of drug-likeness (QED) is 0.140. The molecule has 0 unspecified atom stereocenters. The van der Waals surface area contributed by atoms with Crippen LogP contribution in [0.1, 0.15) is 0 Å². The van der Waals surface area contributed by atoms with Gasteiger partial charge in [-0.3, -0.25) is 0 Å². The maximum Gasteiger partial charge on any atom is 0.187 e. The second-order valence-electron chi connectivity index (χ2n) is 7.69. The summed E-state index contributed by atoms with van der Waals surface area (Å²) in [5.41, 5.74) is 0. The van der Waals surface area contributed by atoms with Gasteiger partial charge in [0.25, 0.3) is 0 Å². The Morgan fingerprint density at radius 1 is 0.750 bits per heavy atom. The normalized spacial score (nSPS) is 42.3. The lowest BCUT2D eigenvalue weighted by molar-refractivity contribution is -0.338. The molecule has 0 spiro atoms. The van der Waals surface area contributed by atoms with E-state index in [-0.39, 0.29) is 6.61 Å². The minimum absolute atomic E-state index is 0.351. The Morgan fingerprint density at radius 2 is 1.34 bits per heavy atom. The Balaban J connectivity index is 2.07. The molecule has 11 N–H and O–H groups in total. The first kappa shape index (κ1) is 27.6. The lowest BCUT2D eigenvalue weighted by atomic mass is 9.98. The van der Waals surface area contributed by atoms with Crippen LogP contribution >= 0.6 is 0 Å². The summed E-state index contributed by atoms with van der Waals surface area (Å²) in [6.07, 6.45) is -22.0. The van der Waals surface area contributed by atoms with E-state index in [1.807, 2.05) is 0 Å². The summed E-state index contributed by atoms with van der Waals surface area (Å²) in [4.78, 5) is 0. The second-order valence-corrected chi connectivity index (χ2v) is 7.69. The number of hydrogen-bond acceptors (Lipinski definition) is 15. The Kier molecular flexibility index (Phi) is 10.5. The standard InChI is InChI=1S/C17H32O15/c18-1-5(20)10(24)15(6(21)2-19)32-17-14(28)12(26)11(25)8(31-17)4-30-16-13(27)9(23)7(22)3-29-16/h5-28H,1-4H2/t5-,6+,7+,8+,9-,10+,11+,12-,13+,14+,15+,16+,17-/m0/s1. The third-order valence-electron chi connectivity index (χ3n) is 5.32. The van der Waals surface area contributed by atoms with Crippen LogP contribution in [0.2, 0.25) is 0 Å². The molecular formula is C17H32O15. The minimum Gasteiger partial charge on any atom is -0.394 e. The van der Waals surface area contributed by atoms with Crippen molar-refractivity contribution in [3.63, 3.8) is 0 Å². The number of hydrogen-bond donors (Lipinski definition) is 11. The predicted octanol–water partition coefficient (Wildman–Crippen LogP) is -7.30. The average molecular weight is 476 g/mol. The number of aliphatic hydroxyl groups excluding tert-OH is 11. The van der Waals surface area contributed by atoms with Crippen LogP contribution in [0.25, 0.3) is 0 Å². The molecule has 2 saturated heterocycles. The van der Waals surface area contributed by atoms with E-state index in [1.54, 1.807) is 0 Å². The molecule has 0 bridgehead atoms. The lowest BCUT2D eigenvalue weighted by Gasteiger charge is -2.43. The number of rotatable bonds is 10. The molecule has 15 heteroatoms. The van der Waals surface area contributed by atoms with E-state index in [0.717, 1.165) is 0 Å². The average Bonchev–Trinajstić information content (AvgIpc) is 2.79. The molecule has 0 radical (unpaired) electrons. The molecule has 2 aliphatic rings. The van der Waals surface area contributed by atoms with Crippen molar-refractivity contribution in [1.82, 2.24) is 0 Å². The Hall–Kier alpha value is -0.600. The summed E-state index contributed by atoms with van der Waals surface area (Å²) in [5, 5.41) is 107. The Labute approximate surface area is 182 Å². The van der Waals surface area contributed by atoms with Gasteiger partial charge in [0.05, 0.1) is 26.4 Å². The van der Waals surface area contributed by atoms with Gasteiger partial charge in [0, 0.05) is 0 Å². The maximum atomic E-state index is 10.2. The molecule has 0 aliphatic carbocycles. The van der Waals surface area contributed by atoms with Crippen molar-refractivity contribution in [2.75, 3.05) is 26.4 Å². The van der Waals surface area contributed by atoms with E-state index in [9.17, 15) is 46.0 Å². The van der Waals surface area contributed by atoms with Gasteiger partial charge in [0.15, 0.2) is 12.6 Å². The fourth-order valence-corrected chi connectivity index (χ4v) is 3.27. The van der Waals surface area contributed by atoms with Crippen LogP contribution in [0.15, 0.2) is 0 Å². The maximum absolute atomic E-state index is 10.2. The highest BCUT2D eigenvalue weighted by Gasteiger charge is 2.48. The van der Waals surface area contributed by atoms with Gasteiger partial charge < -0.3 is 75.1 Å². The molecule has 15 nitrogen and oxygen atoms in total. The molecule has 0 aromatic rings. The Morgan fingerprint density at radius 3 is 1.94 bits per heavy atom. The van der Waals surface area contributed by atoms with Gasteiger partial charge in [-0.05, 0) is 0 Å². The van der Waals surface area contributed by atoms with Gasteiger partial charge in [0.1, 0.15) is 67.1 Å². The Bertz CT molecular complexity index is 554. The SMILES string of the molecule is OC[C@@H](O)[C@@H](O[C@@H]1O[C@H](CO[C@H]2OC[C@@H](O)[C@H](O)[C@H]2O)[C@@H](O)[C@H](O)[C@H]1O)[C@H](O)[C@@H](O)CO. The van der Waals surface area contributed by atoms with Gasteiger partial charge in [-0.1, -0.05) is 0 Å². The zero-order chi connectivity index (χ0) is 24.2. The van der Waals surface area contributed by atoms with Crippen molar-refractivity contribution in [2.45, 2.75) is 79.7 Å². The highest BCUT2D eigenvalue weighted by Crippen LogP contribution is 2.26. The van der Waals surface area contributed by atoms with Crippen LogP contribution in [0.5, 0.6) is 0 Å². The van der Waals surface area contributed by atoms with Gasteiger partial charge in [-0.15, -0.1) is 0 Å². The van der Waals surface area contributed by atoms with E-state index in [1.165, 1.54) is 0 Å². The lowest BCUT2D eigenvalue weighted by Crippen LogP contribution is -2.62. The molecule has 0 amide bonds. The molecule has 2 rings (SSSR count). The van der Waals surface area contributed by atoms with Crippen molar-refractivity contribution in [1.29, 1.82) is 0 Å². The van der Waals surface area contributed by atoms with E-state index in [0.29, 0.717) is 0 Å². The van der Waals surface area contributed by atoms with Crippen molar-refractivity contribution in [2.24, 2.45) is 0 Å². The molecule has 2 heterocycles. The second kappa shape index (κ2) is 12.2. The summed E-state index contributed by atoms with van der Waals surface area (Å²) in [6.45, 7) is -2.78. The van der Waals surface area contributed by atoms with Crippen molar-refractivity contribution >= 4 is 0 Å². The van der Waals surface area contributed by atoms with Crippen molar-refractivity contribution in [3.05, 3.63) is 0 Å². The van der Waals surface area contributed by atoms with E-state index >= 15 is 0 Å². The van der Waals surface area contributed by atoms with Crippen LogP contribution < -0.4 is 0 Å². The summed E-state index contributed by atoms with van der Waals surface area (Å²) < 4.78 is 20.9. The predicted molar refractivity (Wildman–Crippen MR) is 97.5 cm³/mol. The molecule has 190 valence electrons. The van der Waals surface area contributed by atoms with E-state index in [2.05, 4.69) is 0 Å². The molecule has 32 heavy (non-hydrogen) atoms. The van der Waals surface area contributed by atoms with E-state index < -0.39 is 99.5 Å². The smallest absolute Gasteiger partial charge is 0.187 e. The van der Waals surface area contributed by atoms with Gasteiger partial charge in [0.2, 0.25) is 0 Å². The van der Waals surface area contributed by atoms with Crippen LogP contribution in [0, 0.1) is 0 Å². The molecule has 13 atom stereocenters. The van der Waals surface area contributed by atoms with Crippen LogP contribution in [-0.2, 0) is 18.9 Å². The largest absolute Gasteiger partial charge is 0.394 e. The zero-order valence-corrected chi connectivity index (χ0v) is 16.9. The third kappa shape index (κ3) is 6.29. The summed E-state index contributed by atoms with van der Waals surface area (Å²) >= 11 is 0. The molecule has 2 aliphatic heterocycles. The third-order valence-corrected chi connectivity index (χ3v) is 5.32. The summed E-state index contributed by atoms with van der Waals surface area (Å²) in [7, 11) is 0. The summed E-state index contributed by atoms with van der Waals surface area (Å²) in [6, 6.07) is 0. The number of ether oxygens (including phenoxy) is 4. The van der Waals surface area contributed by atoms with Crippen LogP contribution in [-0.4, -0.2) is 162 Å². The van der Waals surface area contributed by atoms with Crippen LogP contribution in [0.3, 0.4) is 0 Å². The highest BCUT2D eigenvalue weighted by molar-refractivity contribution is 4.92. The van der Waals surface area contributed by atoms with Gasteiger partial charge >= 0.3 is 0 Å². The molecule has 2 fully saturated rings. The first-order chi connectivity index (χ1) is 15.0. The topological polar surface area (TPSA) is 259 Å². The molecular weight excluding hydrogens is 444 g/mol. The van der Waals surface area contributed by atoms with Crippen molar-refractivity contribution < 1.29 is 75.1 Å². The van der Waals surface area contributed by atoms with Gasteiger partial charge in [-0.2, -0.15) is 0 Å². The first-order valence-corrected chi connectivity index (χ1v) is 9.91. The minimum atomic E-state index is -1.93. The molecule has 0 saturated carbocycles.